The molecule has 2 aromatic carbocycles. The van der Waals surface area contributed by atoms with Crippen molar-refractivity contribution in [1.29, 1.82) is 0 Å². The number of rotatable bonds is 7. The molecule has 3 N–H and O–H groups in total. The molecule has 3 rings (SSSR count). The highest BCUT2D eigenvalue weighted by molar-refractivity contribution is 5.91. The zero-order valence-electron chi connectivity index (χ0n) is 18.1. The molecule has 8 nitrogen and oxygen atoms in total. The Morgan fingerprint density at radius 3 is 2.26 bits per heavy atom. The number of aryl methyl sites for hydroxylation is 1. The smallest absolute Gasteiger partial charge is 0.239 e. The minimum atomic E-state index is -0.859. The number of fused-ring (bicyclic) bond motifs is 1. The summed E-state index contributed by atoms with van der Waals surface area (Å²) in [5.41, 5.74) is -0.138. The molecule has 0 saturated heterocycles. The maximum absolute atomic E-state index is 13.1. The number of hydrogen-bond donors (Lipinski definition) is 3. The fraction of sp³-hybridized carbons (Fsp3) is 0.348. The van der Waals surface area contributed by atoms with Gasteiger partial charge in [0.2, 0.25) is 16.9 Å². The molecule has 3 aromatic rings. The molecule has 166 valence electrons. The molecular weight excluding hydrogens is 404 g/mol. The summed E-state index contributed by atoms with van der Waals surface area (Å²) in [5.74, 6) is -0.461. The van der Waals surface area contributed by atoms with Gasteiger partial charge in [0.15, 0.2) is 17.3 Å². The Labute approximate surface area is 179 Å². The molecule has 0 bridgehead atoms. The highest BCUT2D eigenvalue weighted by Gasteiger charge is 2.24. The summed E-state index contributed by atoms with van der Waals surface area (Å²) in [4.78, 5) is 13.1. The number of methoxy groups -OCH3 is 3. The van der Waals surface area contributed by atoms with E-state index in [0.717, 1.165) is 5.56 Å². The highest BCUT2D eigenvalue weighted by Crippen LogP contribution is 2.43. The molecule has 0 unspecified atom stereocenters. The summed E-state index contributed by atoms with van der Waals surface area (Å²) in [6.07, 6.45) is 1.02. The minimum Gasteiger partial charge on any atom is -0.504 e. The molecule has 0 atom stereocenters. The lowest BCUT2D eigenvalue weighted by molar-refractivity contribution is 0.0712. The first-order valence-electron chi connectivity index (χ1n) is 9.64. The number of benzene rings is 2. The molecule has 0 aliphatic rings. The van der Waals surface area contributed by atoms with Crippen molar-refractivity contribution in [2.45, 2.75) is 32.3 Å². The Balaban J connectivity index is 2.24. The van der Waals surface area contributed by atoms with Crippen LogP contribution >= 0.6 is 0 Å². The van der Waals surface area contributed by atoms with E-state index in [4.69, 9.17) is 18.6 Å². The van der Waals surface area contributed by atoms with Crippen LogP contribution in [0.25, 0.3) is 22.3 Å². The van der Waals surface area contributed by atoms with Crippen LogP contribution in [0.4, 0.5) is 0 Å². The molecule has 0 fully saturated rings. The van der Waals surface area contributed by atoms with Crippen LogP contribution < -0.4 is 19.6 Å². The van der Waals surface area contributed by atoms with E-state index in [0.29, 0.717) is 24.2 Å². The number of aromatic hydroxyl groups is 2. The molecular formula is C23H26O8. The third-order valence-electron chi connectivity index (χ3n) is 5.01. The van der Waals surface area contributed by atoms with E-state index >= 15 is 0 Å². The van der Waals surface area contributed by atoms with Crippen LogP contribution in [0, 0.1) is 0 Å². The zero-order chi connectivity index (χ0) is 22.9. The van der Waals surface area contributed by atoms with Gasteiger partial charge in [0.05, 0.1) is 26.9 Å². The number of aliphatic hydroxyl groups is 1. The van der Waals surface area contributed by atoms with Crippen LogP contribution in [0.5, 0.6) is 28.7 Å². The van der Waals surface area contributed by atoms with Crippen molar-refractivity contribution < 1.29 is 33.9 Å². The van der Waals surface area contributed by atoms with Gasteiger partial charge in [-0.25, -0.2) is 0 Å². The molecule has 1 aromatic heterocycles. The normalized spacial score (nSPS) is 11.5. The van der Waals surface area contributed by atoms with E-state index in [-0.39, 0.29) is 34.0 Å². The zero-order valence-corrected chi connectivity index (χ0v) is 18.1. The second-order valence-corrected chi connectivity index (χ2v) is 7.78. The van der Waals surface area contributed by atoms with E-state index in [1.807, 2.05) is 0 Å². The average Bonchev–Trinajstić information content (AvgIpc) is 2.71. The Morgan fingerprint density at radius 1 is 1.00 bits per heavy atom. The first-order valence-corrected chi connectivity index (χ1v) is 9.64. The van der Waals surface area contributed by atoms with Gasteiger partial charge in [-0.1, -0.05) is 0 Å². The first kappa shape index (κ1) is 22.3. The second-order valence-electron chi connectivity index (χ2n) is 7.78. The van der Waals surface area contributed by atoms with E-state index in [1.54, 1.807) is 39.2 Å². The van der Waals surface area contributed by atoms with Gasteiger partial charge in [-0.15, -0.1) is 0 Å². The molecule has 0 aliphatic carbocycles. The van der Waals surface area contributed by atoms with Crippen molar-refractivity contribution in [1.82, 2.24) is 0 Å². The Morgan fingerprint density at radius 2 is 1.68 bits per heavy atom. The van der Waals surface area contributed by atoms with Crippen LogP contribution in [0.15, 0.2) is 33.5 Å². The predicted molar refractivity (Wildman–Crippen MR) is 116 cm³/mol. The number of phenols is 2. The quantitative estimate of drug-likeness (QED) is 0.520. The average molecular weight is 430 g/mol. The molecule has 0 saturated carbocycles. The van der Waals surface area contributed by atoms with Crippen LogP contribution in [0.3, 0.4) is 0 Å². The van der Waals surface area contributed by atoms with Crippen molar-refractivity contribution >= 4 is 11.0 Å². The van der Waals surface area contributed by atoms with Crippen molar-refractivity contribution in [2.24, 2.45) is 0 Å². The summed E-state index contributed by atoms with van der Waals surface area (Å²) in [7, 11) is 4.15. The minimum absolute atomic E-state index is 0.0227. The Bertz CT molecular complexity index is 1170. The van der Waals surface area contributed by atoms with Gasteiger partial charge in [0.25, 0.3) is 0 Å². The van der Waals surface area contributed by atoms with E-state index in [2.05, 4.69) is 0 Å². The third-order valence-corrected chi connectivity index (χ3v) is 5.01. The maximum Gasteiger partial charge on any atom is 0.239 e. The Hall–Kier alpha value is -3.39. The fourth-order valence-electron chi connectivity index (χ4n) is 3.42. The molecule has 0 radical (unpaired) electrons. The van der Waals surface area contributed by atoms with Crippen molar-refractivity contribution in [3.63, 3.8) is 0 Å². The summed E-state index contributed by atoms with van der Waals surface area (Å²) >= 11 is 0. The van der Waals surface area contributed by atoms with E-state index in [9.17, 15) is 20.1 Å². The summed E-state index contributed by atoms with van der Waals surface area (Å²) < 4.78 is 21.6. The molecule has 31 heavy (non-hydrogen) atoms. The van der Waals surface area contributed by atoms with Crippen LogP contribution in [0.2, 0.25) is 0 Å². The van der Waals surface area contributed by atoms with Gasteiger partial charge in [-0.2, -0.15) is 0 Å². The fourth-order valence-corrected chi connectivity index (χ4v) is 3.42. The molecule has 8 heteroatoms. The first-order chi connectivity index (χ1) is 14.6. The van der Waals surface area contributed by atoms with Gasteiger partial charge in [-0.05, 0) is 50.5 Å². The van der Waals surface area contributed by atoms with E-state index < -0.39 is 16.8 Å². The standard InChI is InChI=1S/C23H26O8/c1-23(2,27)9-8-12-10-13(6-7-15(12)28-3)20-22(30-5)19(26)17-16(31-20)11-14(24)21(29-4)18(17)25/h6-7,10-11,24-25,27H,8-9H2,1-5H3. The van der Waals surface area contributed by atoms with E-state index in [1.165, 1.54) is 20.3 Å². The summed E-state index contributed by atoms with van der Waals surface area (Å²) in [6, 6.07) is 6.45. The SMILES string of the molecule is COc1ccc(-c2oc3cc(O)c(OC)c(O)c3c(=O)c2OC)cc1CCC(C)(C)O. The predicted octanol–water partition coefficient (Wildman–Crippen LogP) is 3.60. The van der Waals surface area contributed by atoms with Crippen LogP contribution in [-0.2, 0) is 6.42 Å². The monoisotopic (exact) mass is 430 g/mol. The largest absolute Gasteiger partial charge is 0.504 e. The Kier molecular flexibility index (Phi) is 6.03. The number of hydrogen-bond acceptors (Lipinski definition) is 8. The van der Waals surface area contributed by atoms with Crippen molar-refractivity contribution in [3.8, 4) is 40.1 Å². The van der Waals surface area contributed by atoms with Gasteiger partial charge >= 0.3 is 0 Å². The van der Waals surface area contributed by atoms with Crippen LogP contribution in [-0.4, -0.2) is 42.3 Å². The lowest BCUT2D eigenvalue weighted by atomic mass is 9.96. The lowest BCUT2D eigenvalue weighted by Crippen LogP contribution is -2.19. The number of phenolic OH excluding ortho intramolecular Hbond substituents is 2. The maximum atomic E-state index is 13.1. The van der Waals surface area contributed by atoms with Crippen LogP contribution in [0.1, 0.15) is 25.8 Å². The highest BCUT2D eigenvalue weighted by atomic mass is 16.5. The molecule has 1 heterocycles. The second kappa shape index (κ2) is 8.39. The summed E-state index contributed by atoms with van der Waals surface area (Å²) in [6.45, 7) is 3.45. The third kappa shape index (κ3) is 4.25. The number of ether oxygens (including phenoxy) is 3. The van der Waals surface area contributed by atoms with Gasteiger partial charge in [0, 0.05) is 11.6 Å². The molecule has 0 amide bonds. The van der Waals surface area contributed by atoms with Gasteiger partial charge < -0.3 is 33.9 Å². The van der Waals surface area contributed by atoms with Gasteiger partial charge in [-0.3, -0.25) is 4.79 Å². The molecule has 0 spiro atoms. The topological polar surface area (TPSA) is 119 Å². The molecule has 0 aliphatic heterocycles. The lowest BCUT2D eigenvalue weighted by Gasteiger charge is -2.18. The van der Waals surface area contributed by atoms with Crippen molar-refractivity contribution in [2.75, 3.05) is 21.3 Å². The summed E-state index contributed by atoms with van der Waals surface area (Å²) in [5, 5.41) is 30.4. The van der Waals surface area contributed by atoms with Gasteiger partial charge in [0.1, 0.15) is 16.7 Å². The van der Waals surface area contributed by atoms with Crippen molar-refractivity contribution in [3.05, 3.63) is 40.1 Å².